The van der Waals surface area contributed by atoms with E-state index in [0.29, 0.717) is 11.6 Å². The molecule has 0 radical (unpaired) electrons. The van der Waals surface area contributed by atoms with Gasteiger partial charge >= 0.3 is 0 Å². The van der Waals surface area contributed by atoms with E-state index in [1.165, 1.54) is 6.42 Å². The van der Waals surface area contributed by atoms with Crippen molar-refractivity contribution in [2.75, 3.05) is 7.05 Å². The fraction of sp³-hybridized carbons (Fsp3) is 0.533. The van der Waals surface area contributed by atoms with Gasteiger partial charge in [0.15, 0.2) is 0 Å². The molecule has 0 saturated heterocycles. The van der Waals surface area contributed by atoms with Crippen molar-refractivity contribution in [2.45, 2.75) is 44.2 Å². The Kier molecular flexibility index (Phi) is 6.31. The van der Waals surface area contributed by atoms with Gasteiger partial charge in [-0.2, -0.15) is 0 Å². The highest BCUT2D eigenvalue weighted by atomic mass is 35.5. The molecule has 1 aromatic rings. The van der Waals surface area contributed by atoms with Crippen LogP contribution in [0.25, 0.3) is 0 Å². The van der Waals surface area contributed by atoms with Crippen LogP contribution in [-0.4, -0.2) is 23.4 Å². The fourth-order valence-electron chi connectivity index (χ4n) is 2.76. The second-order valence-corrected chi connectivity index (χ2v) is 5.94. The second kappa shape index (κ2) is 7.30. The van der Waals surface area contributed by atoms with Crippen LogP contribution >= 0.6 is 24.0 Å². The number of likely N-dealkylation sites (N-methyl/N-ethyl adjacent to an activating group) is 1. The zero-order valence-corrected chi connectivity index (χ0v) is 13.3. The maximum atomic E-state index is 12.5. The number of carbonyl (C=O) groups excluding carboxylic acids is 1. The van der Waals surface area contributed by atoms with E-state index >= 15 is 0 Å². The molecule has 0 spiro atoms. The van der Waals surface area contributed by atoms with Crippen LogP contribution in [0.5, 0.6) is 0 Å². The Hall–Kier alpha value is -0.770. The molecule has 112 valence electrons. The molecule has 0 heterocycles. The summed E-state index contributed by atoms with van der Waals surface area (Å²) < 4.78 is 0. The van der Waals surface area contributed by atoms with Crippen molar-refractivity contribution in [3.05, 3.63) is 34.9 Å². The predicted molar refractivity (Wildman–Crippen MR) is 85.2 cm³/mol. The summed E-state index contributed by atoms with van der Waals surface area (Å²) in [5.74, 6) is 0.0483. The van der Waals surface area contributed by atoms with Crippen LogP contribution in [0, 0.1) is 0 Å². The van der Waals surface area contributed by atoms with Gasteiger partial charge in [-0.15, -0.1) is 12.4 Å². The highest BCUT2D eigenvalue weighted by Gasteiger charge is 2.37. The summed E-state index contributed by atoms with van der Waals surface area (Å²) in [5.41, 5.74) is 6.64. The monoisotopic (exact) mass is 316 g/mol. The largest absolute Gasteiger partial charge is 0.340 e. The summed E-state index contributed by atoms with van der Waals surface area (Å²) >= 11 is 5.96. The minimum atomic E-state index is -0.661. The molecule has 1 aromatic carbocycles. The normalized spacial score (nSPS) is 17.1. The van der Waals surface area contributed by atoms with Crippen molar-refractivity contribution < 1.29 is 4.79 Å². The number of nitrogens with zero attached hydrogens (tertiary/aromatic N) is 1. The van der Waals surface area contributed by atoms with Gasteiger partial charge < -0.3 is 10.6 Å². The lowest BCUT2D eigenvalue weighted by Crippen LogP contribution is -2.55. The summed E-state index contributed by atoms with van der Waals surface area (Å²) in [4.78, 5) is 14.2. The summed E-state index contributed by atoms with van der Waals surface area (Å²) in [5, 5.41) is 0.693. The van der Waals surface area contributed by atoms with Crippen molar-refractivity contribution in [3.63, 3.8) is 0 Å². The average molecular weight is 317 g/mol. The van der Waals surface area contributed by atoms with E-state index in [-0.39, 0.29) is 18.3 Å². The van der Waals surface area contributed by atoms with Gasteiger partial charge in [-0.1, -0.05) is 43.0 Å². The van der Waals surface area contributed by atoms with Crippen LogP contribution in [0.3, 0.4) is 0 Å². The van der Waals surface area contributed by atoms with Crippen LogP contribution in [0.4, 0.5) is 0 Å². The first-order valence-electron chi connectivity index (χ1n) is 6.80. The van der Waals surface area contributed by atoms with E-state index < -0.39 is 5.54 Å². The molecule has 0 aromatic heterocycles. The number of hydrogen-bond acceptors (Lipinski definition) is 2. The standard InChI is InChI=1S/C15H21ClN2O.ClH/c1-18(11-12-6-5-7-13(16)10-12)14(19)15(17)8-3-2-4-9-15;/h5-7,10H,2-4,8-9,11,17H2,1H3;1H. The smallest absolute Gasteiger partial charge is 0.242 e. The van der Waals surface area contributed by atoms with Crippen molar-refractivity contribution >= 4 is 29.9 Å². The van der Waals surface area contributed by atoms with E-state index in [4.69, 9.17) is 17.3 Å². The molecule has 2 N–H and O–H groups in total. The lowest BCUT2D eigenvalue weighted by atomic mass is 9.81. The summed E-state index contributed by atoms with van der Waals surface area (Å²) in [6.07, 6.45) is 4.88. The van der Waals surface area contributed by atoms with Crippen LogP contribution in [0.15, 0.2) is 24.3 Å². The summed E-state index contributed by atoms with van der Waals surface area (Å²) in [7, 11) is 1.81. The van der Waals surface area contributed by atoms with Gasteiger partial charge in [0.25, 0.3) is 0 Å². The van der Waals surface area contributed by atoms with Gasteiger partial charge in [-0.05, 0) is 30.5 Å². The van der Waals surface area contributed by atoms with E-state index in [9.17, 15) is 4.79 Å². The van der Waals surface area contributed by atoms with Gasteiger partial charge in [0.05, 0.1) is 5.54 Å². The Morgan fingerprint density at radius 1 is 1.35 bits per heavy atom. The number of halogens is 2. The molecule has 1 amide bonds. The molecule has 0 atom stereocenters. The Bertz CT molecular complexity index is 459. The first-order valence-corrected chi connectivity index (χ1v) is 7.18. The zero-order chi connectivity index (χ0) is 13.9. The van der Waals surface area contributed by atoms with Crippen LogP contribution in [0.2, 0.25) is 5.02 Å². The minimum Gasteiger partial charge on any atom is -0.340 e. The first-order chi connectivity index (χ1) is 9.01. The first kappa shape index (κ1) is 17.3. The molecular formula is C15H22Cl2N2O. The number of hydrogen-bond donors (Lipinski definition) is 1. The molecular weight excluding hydrogens is 295 g/mol. The number of amides is 1. The molecule has 3 nitrogen and oxygen atoms in total. The predicted octanol–water partition coefficient (Wildman–Crippen LogP) is 3.38. The molecule has 0 unspecified atom stereocenters. The van der Waals surface area contributed by atoms with Gasteiger partial charge in [-0.3, -0.25) is 4.79 Å². The van der Waals surface area contributed by atoms with Crippen LogP contribution in [0.1, 0.15) is 37.7 Å². The highest BCUT2D eigenvalue weighted by molar-refractivity contribution is 6.30. The third-order valence-corrected chi connectivity index (χ3v) is 4.06. The molecule has 5 heteroatoms. The third kappa shape index (κ3) is 4.11. The Labute approximate surface area is 131 Å². The third-order valence-electron chi connectivity index (χ3n) is 3.83. The number of nitrogens with two attached hydrogens (primary N) is 1. The number of rotatable bonds is 3. The van der Waals surface area contributed by atoms with E-state index in [1.54, 1.807) is 4.90 Å². The maximum Gasteiger partial charge on any atom is 0.242 e. The Morgan fingerprint density at radius 3 is 2.60 bits per heavy atom. The Balaban J connectivity index is 0.00000200. The average Bonchev–Trinajstić information content (AvgIpc) is 2.38. The minimum absolute atomic E-state index is 0. The van der Waals surface area contributed by atoms with Crippen molar-refractivity contribution in [1.82, 2.24) is 4.90 Å². The SMILES string of the molecule is CN(Cc1cccc(Cl)c1)C(=O)C1(N)CCCCC1.Cl. The van der Waals surface area contributed by atoms with Gasteiger partial charge in [0.2, 0.25) is 5.91 Å². The molecule has 20 heavy (non-hydrogen) atoms. The molecule has 1 saturated carbocycles. The summed E-state index contributed by atoms with van der Waals surface area (Å²) in [6.45, 7) is 0.554. The molecule has 1 aliphatic rings. The molecule has 2 rings (SSSR count). The van der Waals surface area contributed by atoms with Crippen molar-refractivity contribution in [2.24, 2.45) is 5.73 Å². The quantitative estimate of drug-likeness (QED) is 0.929. The number of benzene rings is 1. The summed E-state index contributed by atoms with van der Waals surface area (Å²) in [6, 6.07) is 7.59. The topological polar surface area (TPSA) is 46.3 Å². The van der Waals surface area contributed by atoms with Gasteiger partial charge in [0, 0.05) is 18.6 Å². The van der Waals surface area contributed by atoms with Crippen LogP contribution < -0.4 is 5.73 Å². The molecule has 1 fully saturated rings. The van der Waals surface area contributed by atoms with E-state index in [0.717, 1.165) is 31.2 Å². The highest BCUT2D eigenvalue weighted by Crippen LogP contribution is 2.28. The van der Waals surface area contributed by atoms with Crippen LogP contribution in [-0.2, 0) is 11.3 Å². The molecule has 0 bridgehead atoms. The van der Waals surface area contributed by atoms with Gasteiger partial charge in [0.1, 0.15) is 0 Å². The number of carbonyl (C=O) groups is 1. The fourth-order valence-corrected chi connectivity index (χ4v) is 2.97. The molecule has 1 aliphatic carbocycles. The lowest BCUT2D eigenvalue weighted by Gasteiger charge is -2.35. The van der Waals surface area contributed by atoms with Gasteiger partial charge in [-0.25, -0.2) is 0 Å². The zero-order valence-electron chi connectivity index (χ0n) is 11.8. The van der Waals surface area contributed by atoms with Crippen molar-refractivity contribution in [3.8, 4) is 0 Å². The Morgan fingerprint density at radius 2 is 2.00 bits per heavy atom. The molecule has 0 aliphatic heterocycles. The lowest BCUT2D eigenvalue weighted by molar-refractivity contribution is -0.137. The van der Waals surface area contributed by atoms with E-state index in [2.05, 4.69) is 0 Å². The maximum absolute atomic E-state index is 12.5. The second-order valence-electron chi connectivity index (χ2n) is 5.51. The van der Waals surface area contributed by atoms with E-state index in [1.807, 2.05) is 31.3 Å². The van der Waals surface area contributed by atoms with Crippen molar-refractivity contribution in [1.29, 1.82) is 0 Å².